The van der Waals surface area contributed by atoms with E-state index in [4.69, 9.17) is 10.5 Å². The van der Waals surface area contributed by atoms with Gasteiger partial charge in [-0.05, 0) is 30.8 Å². The second-order valence-corrected chi connectivity index (χ2v) is 4.10. The number of thiocarbonyl (C=S) groups is 1. The molecule has 0 atom stereocenters. The number of ether oxygens (including phenoxy) is 1. The second kappa shape index (κ2) is 7.60. The van der Waals surface area contributed by atoms with E-state index in [-0.39, 0.29) is 10.9 Å². The summed E-state index contributed by atoms with van der Waals surface area (Å²) in [6.45, 7) is 2.63. The minimum Gasteiger partial charge on any atom is -0.493 e. The molecular formula is C12H16FN3OS. The molecule has 0 spiro atoms. The lowest BCUT2D eigenvalue weighted by Crippen LogP contribution is -2.23. The number of halogens is 1. The first-order valence-corrected chi connectivity index (χ1v) is 6.04. The van der Waals surface area contributed by atoms with E-state index < -0.39 is 0 Å². The average Bonchev–Trinajstić information content (AvgIpc) is 2.28. The van der Waals surface area contributed by atoms with Gasteiger partial charge in [0.25, 0.3) is 0 Å². The molecule has 0 saturated carbocycles. The number of nitrogens with two attached hydrogens (primary N) is 1. The summed E-state index contributed by atoms with van der Waals surface area (Å²) in [6, 6.07) is 4.38. The van der Waals surface area contributed by atoms with Crippen molar-refractivity contribution in [3.05, 3.63) is 29.6 Å². The van der Waals surface area contributed by atoms with Gasteiger partial charge in [-0.2, -0.15) is 5.10 Å². The predicted octanol–water partition coefficient (Wildman–Crippen LogP) is 2.17. The van der Waals surface area contributed by atoms with Crippen LogP contribution in [0.25, 0.3) is 0 Å². The lowest BCUT2D eigenvalue weighted by atomic mass is 10.2. The highest BCUT2D eigenvalue weighted by Gasteiger charge is 2.00. The van der Waals surface area contributed by atoms with E-state index >= 15 is 0 Å². The molecule has 0 unspecified atom stereocenters. The normalized spacial score (nSPS) is 10.6. The van der Waals surface area contributed by atoms with Crippen LogP contribution >= 0.6 is 12.2 Å². The fourth-order valence-electron chi connectivity index (χ4n) is 1.25. The molecule has 1 rings (SSSR count). The molecule has 1 aromatic carbocycles. The first-order valence-electron chi connectivity index (χ1n) is 5.63. The molecule has 98 valence electrons. The van der Waals surface area contributed by atoms with Crippen LogP contribution in [0.15, 0.2) is 23.3 Å². The largest absolute Gasteiger partial charge is 0.493 e. The van der Waals surface area contributed by atoms with Crippen molar-refractivity contribution in [2.75, 3.05) is 6.61 Å². The molecule has 0 aliphatic heterocycles. The van der Waals surface area contributed by atoms with E-state index in [1.165, 1.54) is 18.3 Å². The number of hydrogen-bond acceptors (Lipinski definition) is 3. The van der Waals surface area contributed by atoms with Gasteiger partial charge >= 0.3 is 0 Å². The highest BCUT2D eigenvalue weighted by Crippen LogP contribution is 2.15. The van der Waals surface area contributed by atoms with Gasteiger partial charge in [-0.15, -0.1) is 0 Å². The van der Waals surface area contributed by atoms with Crippen LogP contribution < -0.4 is 15.9 Å². The van der Waals surface area contributed by atoms with E-state index in [1.807, 2.05) is 0 Å². The van der Waals surface area contributed by atoms with E-state index in [1.54, 1.807) is 6.07 Å². The van der Waals surface area contributed by atoms with Crippen molar-refractivity contribution < 1.29 is 9.13 Å². The number of nitrogens with one attached hydrogen (secondary N) is 1. The molecular weight excluding hydrogens is 253 g/mol. The first kappa shape index (κ1) is 14.4. The van der Waals surface area contributed by atoms with Gasteiger partial charge in [0.2, 0.25) is 0 Å². The minimum atomic E-state index is -0.374. The van der Waals surface area contributed by atoms with Crippen molar-refractivity contribution in [2.24, 2.45) is 10.8 Å². The molecule has 0 fully saturated rings. The Hall–Kier alpha value is -1.69. The maximum atomic E-state index is 13.3. The molecule has 4 nitrogen and oxygen atoms in total. The third-order valence-electron chi connectivity index (χ3n) is 2.05. The molecule has 0 saturated heterocycles. The van der Waals surface area contributed by atoms with Gasteiger partial charge in [0, 0.05) is 11.6 Å². The van der Waals surface area contributed by atoms with Crippen LogP contribution in [0.3, 0.4) is 0 Å². The third-order valence-corrected chi connectivity index (χ3v) is 2.14. The van der Waals surface area contributed by atoms with Crippen molar-refractivity contribution in [3.63, 3.8) is 0 Å². The highest BCUT2D eigenvalue weighted by molar-refractivity contribution is 7.80. The van der Waals surface area contributed by atoms with Crippen LogP contribution in [0.5, 0.6) is 5.75 Å². The Balaban J connectivity index is 2.68. The quantitative estimate of drug-likeness (QED) is 0.360. The summed E-state index contributed by atoms with van der Waals surface area (Å²) >= 11 is 4.59. The van der Waals surface area contributed by atoms with Gasteiger partial charge in [-0.3, -0.25) is 5.43 Å². The number of hydrazone groups is 1. The van der Waals surface area contributed by atoms with Crippen molar-refractivity contribution in [1.29, 1.82) is 0 Å². The Morgan fingerprint density at radius 2 is 2.33 bits per heavy atom. The number of unbranched alkanes of at least 4 members (excludes halogenated alkanes) is 1. The summed E-state index contributed by atoms with van der Waals surface area (Å²) in [6.07, 6.45) is 3.39. The van der Waals surface area contributed by atoms with Crippen LogP contribution in [-0.4, -0.2) is 17.9 Å². The molecule has 1 aromatic rings. The van der Waals surface area contributed by atoms with Gasteiger partial charge in [0.15, 0.2) is 5.11 Å². The number of nitrogens with zero attached hydrogens (tertiary/aromatic N) is 1. The van der Waals surface area contributed by atoms with Crippen molar-refractivity contribution in [3.8, 4) is 5.75 Å². The van der Waals surface area contributed by atoms with Crippen LogP contribution in [0, 0.1) is 5.82 Å². The van der Waals surface area contributed by atoms with Crippen molar-refractivity contribution in [1.82, 2.24) is 5.43 Å². The topological polar surface area (TPSA) is 59.6 Å². The number of benzene rings is 1. The molecule has 0 heterocycles. The molecule has 0 aliphatic rings. The highest BCUT2D eigenvalue weighted by atomic mass is 32.1. The zero-order chi connectivity index (χ0) is 13.4. The Bertz CT molecular complexity index is 437. The Morgan fingerprint density at radius 3 is 3.00 bits per heavy atom. The lowest BCUT2D eigenvalue weighted by Gasteiger charge is -2.06. The zero-order valence-corrected chi connectivity index (χ0v) is 11.0. The smallest absolute Gasteiger partial charge is 0.184 e. The summed E-state index contributed by atoms with van der Waals surface area (Å²) in [5.41, 5.74) is 8.18. The summed E-state index contributed by atoms with van der Waals surface area (Å²) in [5, 5.41) is 3.81. The fourth-order valence-corrected chi connectivity index (χ4v) is 1.30. The van der Waals surface area contributed by atoms with Crippen LogP contribution in [-0.2, 0) is 0 Å². The SMILES string of the molecule is CCCCOc1cc(F)cc(C=NNC(N)=S)c1. The standard InChI is InChI=1S/C12H16FN3OS/c1-2-3-4-17-11-6-9(5-10(13)7-11)8-15-16-12(14)18/h5-8H,2-4H2,1H3,(H3,14,16,18). The Labute approximate surface area is 111 Å². The maximum absolute atomic E-state index is 13.3. The van der Waals surface area contributed by atoms with E-state index in [2.05, 4.69) is 29.7 Å². The molecule has 0 bridgehead atoms. The van der Waals surface area contributed by atoms with Gasteiger partial charge in [0.1, 0.15) is 11.6 Å². The third kappa shape index (κ3) is 5.58. The molecule has 6 heteroatoms. The number of rotatable bonds is 6. The molecule has 0 aliphatic carbocycles. The lowest BCUT2D eigenvalue weighted by molar-refractivity contribution is 0.308. The monoisotopic (exact) mass is 269 g/mol. The van der Waals surface area contributed by atoms with Crippen LogP contribution in [0.2, 0.25) is 0 Å². The molecule has 0 radical (unpaired) electrons. The maximum Gasteiger partial charge on any atom is 0.184 e. The minimum absolute atomic E-state index is 0.0575. The molecule has 18 heavy (non-hydrogen) atoms. The molecule has 0 amide bonds. The summed E-state index contributed by atoms with van der Waals surface area (Å²) in [4.78, 5) is 0. The average molecular weight is 269 g/mol. The van der Waals surface area contributed by atoms with Gasteiger partial charge in [-0.1, -0.05) is 13.3 Å². The van der Waals surface area contributed by atoms with Gasteiger partial charge < -0.3 is 10.5 Å². The van der Waals surface area contributed by atoms with Gasteiger partial charge in [-0.25, -0.2) is 4.39 Å². The van der Waals surface area contributed by atoms with Crippen LogP contribution in [0.4, 0.5) is 4.39 Å². The molecule has 3 N–H and O–H groups in total. The summed E-state index contributed by atoms with van der Waals surface area (Å²) < 4.78 is 18.7. The molecule has 0 aromatic heterocycles. The number of hydrogen-bond donors (Lipinski definition) is 2. The van der Waals surface area contributed by atoms with Crippen molar-refractivity contribution in [2.45, 2.75) is 19.8 Å². The van der Waals surface area contributed by atoms with E-state index in [9.17, 15) is 4.39 Å². The van der Waals surface area contributed by atoms with E-state index in [0.717, 1.165) is 12.8 Å². The Kier molecular flexibility index (Phi) is 6.07. The summed E-state index contributed by atoms with van der Waals surface area (Å²) in [7, 11) is 0. The second-order valence-electron chi connectivity index (χ2n) is 3.66. The van der Waals surface area contributed by atoms with E-state index in [0.29, 0.717) is 17.9 Å². The fraction of sp³-hybridized carbons (Fsp3) is 0.333. The van der Waals surface area contributed by atoms with Crippen LogP contribution in [0.1, 0.15) is 25.3 Å². The Morgan fingerprint density at radius 1 is 1.56 bits per heavy atom. The van der Waals surface area contributed by atoms with Gasteiger partial charge in [0.05, 0.1) is 12.8 Å². The first-order chi connectivity index (χ1) is 8.61. The predicted molar refractivity (Wildman–Crippen MR) is 74.3 cm³/mol. The summed E-state index contributed by atoms with van der Waals surface area (Å²) in [5.74, 6) is 0.112. The van der Waals surface area contributed by atoms with Crippen molar-refractivity contribution >= 4 is 23.5 Å². The zero-order valence-electron chi connectivity index (χ0n) is 10.1.